The first kappa shape index (κ1) is 7.90. The van der Waals surface area contributed by atoms with Gasteiger partial charge in [-0.25, -0.2) is 4.68 Å². The van der Waals surface area contributed by atoms with Gasteiger partial charge in [-0.2, -0.15) is 14.7 Å². The van der Waals surface area contributed by atoms with Gasteiger partial charge < -0.3 is 0 Å². The van der Waals surface area contributed by atoms with Crippen LogP contribution >= 0.6 is 0 Å². The van der Waals surface area contributed by atoms with E-state index in [2.05, 4.69) is 15.4 Å². The fourth-order valence-electron chi connectivity index (χ4n) is 1.44. The van der Waals surface area contributed by atoms with Crippen molar-refractivity contribution in [1.29, 1.82) is 0 Å². The largest absolute Gasteiger partial charge is 0.247 e. The molecule has 0 amide bonds. The van der Waals surface area contributed by atoms with Gasteiger partial charge in [0.15, 0.2) is 11.3 Å². The molecule has 13 heavy (non-hydrogen) atoms. The molecule has 0 saturated carbocycles. The van der Waals surface area contributed by atoms with Crippen LogP contribution in [0.2, 0.25) is 0 Å². The SMILES string of the molecule is Cc1nn2c(C)nn(C)c2c1N=O. The van der Waals surface area contributed by atoms with Gasteiger partial charge in [0.1, 0.15) is 5.82 Å². The Morgan fingerprint density at radius 3 is 2.62 bits per heavy atom. The van der Waals surface area contributed by atoms with E-state index in [1.807, 2.05) is 6.92 Å². The molecule has 2 rings (SSSR count). The Balaban J connectivity index is 2.96. The van der Waals surface area contributed by atoms with E-state index < -0.39 is 0 Å². The second-order valence-electron chi connectivity index (χ2n) is 2.93. The van der Waals surface area contributed by atoms with Crippen molar-refractivity contribution in [2.75, 3.05) is 0 Å². The maximum atomic E-state index is 10.5. The maximum Gasteiger partial charge on any atom is 0.183 e. The predicted octanol–water partition coefficient (Wildman–Crippen LogP) is 1.08. The Kier molecular flexibility index (Phi) is 1.45. The number of aromatic nitrogens is 4. The Morgan fingerprint density at radius 1 is 1.31 bits per heavy atom. The van der Waals surface area contributed by atoms with Crippen LogP contribution in [0.3, 0.4) is 0 Å². The van der Waals surface area contributed by atoms with Crippen molar-refractivity contribution in [3.63, 3.8) is 0 Å². The van der Waals surface area contributed by atoms with Crippen LogP contribution in [0, 0.1) is 18.8 Å². The van der Waals surface area contributed by atoms with Gasteiger partial charge in [0, 0.05) is 7.05 Å². The van der Waals surface area contributed by atoms with Crippen molar-refractivity contribution in [3.8, 4) is 0 Å². The van der Waals surface area contributed by atoms with Gasteiger partial charge in [-0.05, 0) is 19.0 Å². The van der Waals surface area contributed by atoms with Crippen LogP contribution in [-0.2, 0) is 7.05 Å². The lowest BCUT2D eigenvalue weighted by Crippen LogP contribution is -1.89. The molecule has 0 aromatic carbocycles. The highest BCUT2D eigenvalue weighted by atomic mass is 16.3. The van der Waals surface area contributed by atoms with E-state index in [4.69, 9.17) is 0 Å². The van der Waals surface area contributed by atoms with Crippen LogP contribution in [0.25, 0.3) is 5.65 Å². The molecule has 0 radical (unpaired) electrons. The Labute approximate surface area is 74.1 Å². The maximum absolute atomic E-state index is 10.5. The molecular weight excluding hydrogens is 170 g/mol. The summed E-state index contributed by atoms with van der Waals surface area (Å²) in [6.45, 7) is 3.58. The highest BCUT2D eigenvalue weighted by Gasteiger charge is 2.15. The predicted molar refractivity (Wildman–Crippen MR) is 46.9 cm³/mol. The van der Waals surface area contributed by atoms with Gasteiger partial charge in [-0.1, -0.05) is 0 Å². The summed E-state index contributed by atoms with van der Waals surface area (Å²) in [5, 5.41) is 11.2. The zero-order valence-corrected chi connectivity index (χ0v) is 7.64. The van der Waals surface area contributed by atoms with Crippen molar-refractivity contribution in [2.24, 2.45) is 12.2 Å². The van der Waals surface area contributed by atoms with Crippen LogP contribution in [-0.4, -0.2) is 19.4 Å². The average Bonchev–Trinajstić information content (AvgIpc) is 2.52. The lowest BCUT2D eigenvalue weighted by Gasteiger charge is -1.87. The van der Waals surface area contributed by atoms with Gasteiger partial charge in [0.25, 0.3) is 0 Å². The molecule has 0 spiro atoms. The quantitative estimate of drug-likeness (QED) is 0.615. The number of fused-ring (bicyclic) bond motifs is 1. The Morgan fingerprint density at radius 2 is 2.00 bits per heavy atom. The highest BCUT2D eigenvalue weighted by molar-refractivity contribution is 5.66. The molecule has 0 bridgehead atoms. The molecule has 0 aliphatic carbocycles. The normalized spacial score (nSPS) is 11.0. The summed E-state index contributed by atoms with van der Waals surface area (Å²) in [5.74, 6) is 0.746. The van der Waals surface area contributed by atoms with Crippen molar-refractivity contribution in [1.82, 2.24) is 19.4 Å². The molecule has 2 aromatic rings. The van der Waals surface area contributed by atoms with Crippen molar-refractivity contribution >= 4 is 11.3 Å². The second-order valence-corrected chi connectivity index (χ2v) is 2.93. The molecular formula is C7H9N5O. The molecule has 0 atom stereocenters. The summed E-state index contributed by atoms with van der Waals surface area (Å²) in [6, 6.07) is 0. The zero-order chi connectivity index (χ0) is 9.59. The van der Waals surface area contributed by atoms with Crippen LogP contribution in [0.4, 0.5) is 5.69 Å². The van der Waals surface area contributed by atoms with Crippen LogP contribution in [0.15, 0.2) is 5.18 Å². The number of aryl methyl sites for hydroxylation is 3. The standard InChI is InChI=1S/C7H9N5O/c1-4-6(10-13)7-11(3)9-5(2)12(7)8-4/h1-3H3. The van der Waals surface area contributed by atoms with Gasteiger partial charge in [-0.3, -0.25) is 0 Å². The molecule has 2 heterocycles. The number of nitroso groups, excluding NO2 is 1. The van der Waals surface area contributed by atoms with Crippen molar-refractivity contribution in [2.45, 2.75) is 13.8 Å². The third-order valence-electron chi connectivity index (χ3n) is 2.00. The first-order valence-electron chi connectivity index (χ1n) is 3.87. The van der Waals surface area contributed by atoms with E-state index in [0.717, 1.165) is 5.82 Å². The van der Waals surface area contributed by atoms with Crippen LogP contribution in [0.5, 0.6) is 0 Å². The van der Waals surface area contributed by atoms with Gasteiger partial charge in [0.05, 0.1) is 5.69 Å². The lowest BCUT2D eigenvalue weighted by molar-refractivity contribution is 0.779. The number of rotatable bonds is 1. The molecule has 6 heteroatoms. The first-order valence-corrected chi connectivity index (χ1v) is 3.87. The Bertz CT molecular complexity index is 480. The van der Waals surface area contributed by atoms with E-state index >= 15 is 0 Å². The van der Waals surface area contributed by atoms with Crippen LogP contribution < -0.4 is 0 Å². The zero-order valence-electron chi connectivity index (χ0n) is 7.64. The topological polar surface area (TPSA) is 64.6 Å². The smallest absolute Gasteiger partial charge is 0.183 e. The third-order valence-corrected chi connectivity index (χ3v) is 2.00. The summed E-state index contributed by atoms with van der Waals surface area (Å²) < 4.78 is 3.22. The molecule has 68 valence electrons. The summed E-state index contributed by atoms with van der Waals surface area (Å²) in [5.41, 5.74) is 1.64. The highest BCUT2D eigenvalue weighted by Crippen LogP contribution is 2.24. The number of hydrogen-bond donors (Lipinski definition) is 0. The van der Waals surface area contributed by atoms with E-state index in [1.54, 1.807) is 23.2 Å². The van der Waals surface area contributed by atoms with E-state index in [-0.39, 0.29) is 0 Å². The van der Waals surface area contributed by atoms with E-state index in [1.165, 1.54) is 0 Å². The van der Waals surface area contributed by atoms with E-state index in [0.29, 0.717) is 17.0 Å². The molecule has 0 fully saturated rings. The lowest BCUT2D eigenvalue weighted by atomic mass is 10.4. The fourth-order valence-corrected chi connectivity index (χ4v) is 1.44. The molecule has 6 nitrogen and oxygen atoms in total. The summed E-state index contributed by atoms with van der Waals surface area (Å²) in [7, 11) is 1.76. The summed E-state index contributed by atoms with van der Waals surface area (Å²) >= 11 is 0. The number of nitrogens with zero attached hydrogens (tertiary/aromatic N) is 5. The van der Waals surface area contributed by atoms with Gasteiger partial charge >= 0.3 is 0 Å². The molecule has 0 saturated heterocycles. The molecule has 0 aliphatic heterocycles. The van der Waals surface area contributed by atoms with Gasteiger partial charge in [0.2, 0.25) is 0 Å². The molecule has 0 unspecified atom stereocenters. The third kappa shape index (κ3) is 0.881. The van der Waals surface area contributed by atoms with Gasteiger partial charge in [-0.15, -0.1) is 4.91 Å². The van der Waals surface area contributed by atoms with Crippen LogP contribution in [0.1, 0.15) is 11.5 Å². The monoisotopic (exact) mass is 179 g/mol. The molecule has 0 N–H and O–H groups in total. The average molecular weight is 179 g/mol. The van der Waals surface area contributed by atoms with Crippen molar-refractivity contribution < 1.29 is 0 Å². The first-order chi connectivity index (χ1) is 6.15. The fraction of sp³-hybridized carbons (Fsp3) is 0.429. The second kappa shape index (κ2) is 2.38. The van der Waals surface area contributed by atoms with Crippen molar-refractivity contribution in [3.05, 3.63) is 16.4 Å². The summed E-state index contributed by atoms with van der Waals surface area (Å²) in [6.07, 6.45) is 0. The molecule has 2 aromatic heterocycles. The minimum Gasteiger partial charge on any atom is -0.247 e. The summed E-state index contributed by atoms with van der Waals surface area (Å²) in [4.78, 5) is 10.5. The molecule has 0 aliphatic rings. The Hall–Kier alpha value is -1.72. The number of hydrogen-bond acceptors (Lipinski definition) is 4. The minimum atomic E-state index is 0.364. The van der Waals surface area contributed by atoms with E-state index in [9.17, 15) is 4.91 Å². The minimum absolute atomic E-state index is 0.364.